The Morgan fingerprint density at radius 3 is 2.47 bits per heavy atom. The SMILES string of the molecule is CCCNC(CCN1CCC(C(C)C)CC1)C(=O)O. The Balaban J connectivity index is 2.26. The number of nitrogens with zero attached hydrogens (tertiary/aromatic N) is 1. The number of piperidine rings is 1. The van der Waals surface area contributed by atoms with Crippen molar-refractivity contribution in [3.8, 4) is 0 Å². The first kappa shape index (κ1) is 16.4. The van der Waals surface area contributed by atoms with E-state index in [1.807, 2.05) is 0 Å². The van der Waals surface area contributed by atoms with Crippen LogP contribution in [0.3, 0.4) is 0 Å². The topological polar surface area (TPSA) is 52.6 Å². The monoisotopic (exact) mass is 270 g/mol. The van der Waals surface area contributed by atoms with E-state index in [9.17, 15) is 4.79 Å². The Kier molecular flexibility index (Phi) is 7.39. The summed E-state index contributed by atoms with van der Waals surface area (Å²) >= 11 is 0. The van der Waals surface area contributed by atoms with Gasteiger partial charge in [-0.15, -0.1) is 0 Å². The summed E-state index contributed by atoms with van der Waals surface area (Å²) < 4.78 is 0. The van der Waals surface area contributed by atoms with Crippen molar-refractivity contribution in [1.29, 1.82) is 0 Å². The van der Waals surface area contributed by atoms with Crippen LogP contribution in [0, 0.1) is 11.8 Å². The van der Waals surface area contributed by atoms with E-state index in [2.05, 4.69) is 31.0 Å². The molecule has 1 aliphatic rings. The standard InChI is InChI=1S/C15H30N2O2/c1-4-8-16-14(15(18)19)7-11-17-9-5-13(6-10-17)12(2)3/h12-14,16H,4-11H2,1-3H3,(H,18,19). The molecule has 1 aliphatic heterocycles. The van der Waals surface area contributed by atoms with Gasteiger partial charge < -0.3 is 15.3 Å². The van der Waals surface area contributed by atoms with Crippen LogP contribution in [0.25, 0.3) is 0 Å². The molecule has 0 radical (unpaired) electrons. The minimum Gasteiger partial charge on any atom is -0.480 e. The summed E-state index contributed by atoms with van der Waals surface area (Å²) in [5, 5.41) is 12.3. The van der Waals surface area contributed by atoms with Crippen molar-refractivity contribution < 1.29 is 9.90 Å². The van der Waals surface area contributed by atoms with Crippen LogP contribution >= 0.6 is 0 Å². The molecule has 0 spiro atoms. The highest BCUT2D eigenvalue weighted by Crippen LogP contribution is 2.24. The molecule has 0 saturated carbocycles. The normalized spacial score (nSPS) is 19.8. The van der Waals surface area contributed by atoms with Gasteiger partial charge in [0.25, 0.3) is 0 Å². The van der Waals surface area contributed by atoms with Crippen molar-refractivity contribution in [2.45, 2.75) is 52.5 Å². The van der Waals surface area contributed by atoms with Crippen molar-refractivity contribution in [3.05, 3.63) is 0 Å². The minimum absolute atomic E-state index is 0.386. The average molecular weight is 270 g/mol. The smallest absolute Gasteiger partial charge is 0.320 e. The molecule has 1 atom stereocenters. The number of carboxylic acids is 1. The average Bonchev–Trinajstić information content (AvgIpc) is 2.39. The van der Waals surface area contributed by atoms with E-state index in [1.165, 1.54) is 12.8 Å². The second kappa shape index (κ2) is 8.54. The lowest BCUT2D eigenvalue weighted by Gasteiger charge is -2.34. The number of likely N-dealkylation sites (tertiary alicyclic amines) is 1. The maximum atomic E-state index is 11.1. The number of nitrogens with one attached hydrogen (secondary N) is 1. The van der Waals surface area contributed by atoms with Gasteiger partial charge in [0, 0.05) is 6.54 Å². The number of rotatable bonds is 8. The van der Waals surface area contributed by atoms with Gasteiger partial charge in [0.2, 0.25) is 0 Å². The predicted molar refractivity (Wildman–Crippen MR) is 78.3 cm³/mol. The Labute approximate surface area is 117 Å². The van der Waals surface area contributed by atoms with Gasteiger partial charge in [-0.3, -0.25) is 4.79 Å². The van der Waals surface area contributed by atoms with Gasteiger partial charge >= 0.3 is 5.97 Å². The molecular weight excluding hydrogens is 240 g/mol. The zero-order valence-electron chi connectivity index (χ0n) is 12.7. The lowest BCUT2D eigenvalue weighted by molar-refractivity contribution is -0.139. The molecule has 0 aliphatic carbocycles. The number of carbonyl (C=O) groups is 1. The van der Waals surface area contributed by atoms with Crippen LogP contribution in [0.15, 0.2) is 0 Å². The number of carboxylic acid groups (broad SMARTS) is 1. The molecule has 1 saturated heterocycles. The van der Waals surface area contributed by atoms with Gasteiger partial charge in [0.05, 0.1) is 0 Å². The Morgan fingerprint density at radius 1 is 1.37 bits per heavy atom. The minimum atomic E-state index is -0.717. The molecule has 0 bridgehead atoms. The molecule has 1 rings (SSSR count). The highest BCUT2D eigenvalue weighted by molar-refractivity contribution is 5.73. The van der Waals surface area contributed by atoms with E-state index in [0.717, 1.165) is 44.4 Å². The molecule has 0 aromatic rings. The van der Waals surface area contributed by atoms with Crippen LogP contribution in [0.5, 0.6) is 0 Å². The van der Waals surface area contributed by atoms with Crippen LogP contribution in [-0.2, 0) is 4.79 Å². The second-order valence-corrected chi connectivity index (χ2v) is 6.06. The van der Waals surface area contributed by atoms with Crippen LogP contribution in [0.1, 0.15) is 46.5 Å². The molecule has 4 nitrogen and oxygen atoms in total. The van der Waals surface area contributed by atoms with E-state index >= 15 is 0 Å². The van der Waals surface area contributed by atoms with Gasteiger partial charge in [-0.25, -0.2) is 0 Å². The van der Waals surface area contributed by atoms with Crippen molar-refractivity contribution in [2.75, 3.05) is 26.2 Å². The molecule has 1 heterocycles. The van der Waals surface area contributed by atoms with Crippen LogP contribution < -0.4 is 5.32 Å². The summed E-state index contributed by atoms with van der Waals surface area (Å²) in [6, 6.07) is -0.386. The molecule has 0 amide bonds. The summed E-state index contributed by atoms with van der Waals surface area (Å²) in [6.45, 7) is 10.6. The van der Waals surface area contributed by atoms with Gasteiger partial charge in [-0.2, -0.15) is 0 Å². The largest absolute Gasteiger partial charge is 0.480 e. The summed E-state index contributed by atoms with van der Waals surface area (Å²) in [6.07, 6.45) is 4.21. The van der Waals surface area contributed by atoms with Gasteiger partial charge in [0.1, 0.15) is 6.04 Å². The first-order valence-corrected chi connectivity index (χ1v) is 7.73. The highest BCUT2D eigenvalue weighted by atomic mass is 16.4. The fraction of sp³-hybridized carbons (Fsp3) is 0.933. The van der Waals surface area contributed by atoms with Gasteiger partial charge in [0.15, 0.2) is 0 Å². The Morgan fingerprint density at radius 2 is 2.00 bits per heavy atom. The lowest BCUT2D eigenvalue weighted by atomic mass is 9.86. The van der Waals surface area contributed by atoms with E-state index in [-0.39, 0.29) is 6.04 Å². The molecule has 1 unspecified atom stereocenters. The molecule has 1 fully saturated rings. The molecular formula is C15H30N2O2. The van der Waals surface area contributed by atoms with E-state index in [0.29, 0.717) is 6.42 Å². The first-order valence-electron chi connectivity index (χ1n) is 7.73. The Hall–Kier alpha value is -0.610. The predicted octanol–water partition coefficient (Wildman–Crippen LogP) is 2.20. The van der Waals surface area contributed by atoms with E-state index in [1.54, 1.807) is 0 Å². The zero-order chi connectivity index (χ0) is 14.3. The third kappa shape index (κ3) is 5.91. The summed E-state index contributed by atoms with van der Waals surface area (Å²) in [5.74, 6) is 0.912. The van der Waals surface area contributed by atoms with Crippen LogP contribution in [0.2, 0.25) is 0 Å². The zero-order valence-corrected chi connectivity index (χ0v) is 12.7. The van der Waals surface area contributed by atoms with Gasteiger partial charge in [-0.05, 0) is 57.2 Å². The lowest BCUT2D eigenvalue weighted by Crippen LogP contribution is -2.42. The number of aliphatic carboxylic acids is 1. The van der Waals surface area contributed by atoms with Crippen molar-refractivity contribution in [1.82, 2.24) is 10.2 Å². The van der Waals surface area contributed by atoms with Crippen molar-refractivity contribution in [2.24, 2.45) is 11.8 Å². The van der Waals surface area contributed by atoms with E-state index < -0.39 is 5.97 Å². The van der Waals surface area contributed by atoms with Gasteiger partial charge in [-0.1, -0.05) is 20.8 Å². The maximum Gasteiger partial charge on any atom is 0.320 e. The Bertz CT molecular complexity index is 261. The fourth-order valence-electron chi connectivity index (χ4n) is 2.79. The fourth-order valence-corrected chi connectivity index (χ4v) is 2.79. The van der Waals surface area contributed by atoms with Crippen LogP contribution in [-0.4, -0.2) is 48.2 Å². The number of hydrogen-bond donors (Lipinski definition) is 2. The number of hydrogen-bond acceptors (Lipinski definition) is 3. The molecule has 19 heavy (non-hydrogen) atoms. The molecule has 112 valence electrons. The second-order valence-electron chi connectivity index (χ2n) is 6.06. The molecule has 0 aromatic carbocycles. The molecule has 2 N–H and O–H groups in total. The van der Waals surface area contributed by atoms with Crippen LogP contribution in [0.4, 0.5) is 0 Å². The quantitative estimate of drug-likeness (QED) is 0.710. The molecule has 4 heteroatoms. The molecule has 0 aromatic heterocycles. The maximum absolute atomic E-state index is 11.1. The summed E-state index contributed by atoms with van der Waals surface area (Å²) in [7, 11) is 0. The first-order chi connectivity index (χ1) is 9.04. The van der Waals surface area contributed by atoms with E-state index in [4.69, 9.17) is 5.11 Å². The highest BCUT2D eigenvalue weighted by Gasteiger charge is 2.23. The third-order valence-electron chi connectivity index (χ3n) is 4.25. The third-order valence-corrected chi connectivity index (χ3v) is 4.25. The summed E-state index contributed by atoms with van der Waals surface area (Å²) in [5.41, 5.74) is 0. The van der Waals surface area contributed by atoms with Crippen molar-refractivity contribution >= 4 is 5.97 Å². The summed E-state index contributed by atoms with van der Waals surface area (Å²) in [4.78, 5) is 13.6. The van der Waals surface area contributed by atoms with Crippen molar-refractivity contribution in [3.63, 3.8) is 0 Å².